The highest BCUT2D eigenvalue weighted by Gasteiger charge is 2.15. The lowest BCUT2D eigenvalue weighted by molar-refractivity contribution is 0.0442. The zero-order valence-electron chi connectivity index (χ0n) is 9.56. The van der Waals surface area contributed by atoms with Crippen molar-refractivity contribution in [3.63, 3.8) is 0 Å². The molecule has 1 heterocycles. The van der Waals surface area contributed by atoms with Gasteiger partial charge in [0.1, 0.15) is 0 Å². The van der Waals surface area contributed by atoms with Crippen molar-refractivity contribution in [2.75, 3.05) is 6.61 Å². The average molecular weight is 388 g/mol. The van der Waals surface area contributed by atoms with Gasteiger partial charge in [0, 0.05) is 10.0 Å². The molecule has 1 aromatic heterocycles. The van der Waals surface area contributed by atoms with Crippen LogP contribution in [-0.4, -0.2) is 18.4 Å². The van der Waals surface area contributed by atoms with Crippen molar-refractivity contribution in [2.45, 2.75) is 0 Å². The molecule has 98 valence electrons. The van der Waals surface area contributed by atoms with Crippen molar-refractivity contribution in [3.05, 3.63) is 56.9 Å². The molecule has 0 radical (unpaired) electrons. The number of Topliss-reactive ketones (excluding diaryl/α,β-unsaturated/α-hetero) is 1. The molecule has 0 N–H and O–H groups in total. The number of ether oxygens (including phenoxy) is 1. The summed E-state index contributed by atoms with van der Waals surface area (Å²) in [7, 11) is 0. The standard InChI is InChI=1S/C13H8Br2O4/c14-9-3-1-2-8(6-9)10(16)7-18-13(17)11-4-5-12(15)19-11/h1-6H,7H2. The van der Waals surface area contributed by atoms with Crippen molar-refractivity contribution in [2.24, 2.45) is 0 Å². The number of furan rings is 1. The fraction of sp³-hybridized carbons (Fsp3) is 0.0769. The van der Waals surface area contributed by atoms with Gasteiger partial charge in [0.05, 0.1) is 0 Å². The molecule has 0 spiro atoms. The highest BCUT2D eigenvalue weighted by atomic mass is 79.9. The Labute approximate surface area is 126 Å². The molecule has 4 nitrogen and oxygen atoms in total. The quantitative estimate of drug-likeness (QED) is 0.590. The van der Waals surface area contributed by atoms with Gasteiger partial charge in [-0.25, -0.2) is 4.79 Å². The molecule has 0 saturated carbocycles. The lowest BCUT2D eigenvalue weighted by atomic mass is 10.1. The summed E-state index contributed by atoms with van der Waals surface area (Å²) in [5.41, 5.74) is 0.475. The van der Waals surface area contributed by atoms with E-state index in [0.29, 0.717) is 10.2 Å². The van der Waals surface area contributed by atoms with Crippen LogP contribution in [0.2, 0.25) is 0 Å². The molecular formula is C13H8Br2O4. The SMILES string of the molecule is O=C(COC(=O)c1ccc(Br)o1)c1cccc(Br)c1. The molecule has 0 aliphatic rings. The number of ketones is 1. The van der Waals surface area contributed by atoms with E-state index in [4.69, 9.17) is 9.15 Å². The molecule has 6 heteroatoms. The molecule has 0 unspecified atom stereocenters. The van der Waals surface area contributed by atoms with Crippen LogP contribution in [0.15, 0.2) is 50.0 Å². The number of carbonyl (C=O) groups excluding carboxylic acids is 2. The third-order valence-electron chi connectivity index (χ3n) is 2.26. The maximum absolute atomic E-state index is 11.8. The molecule has 19 heavy (non-hydrogen) atoms. The van der Waals surface area contributed by atoms with E-state index in [2.05, 4.69) is 31.9 Å². The van der Waals surface area contributed by atoms with Crippen LogP contribution in [0.25, 0.3) is 0 Å². The number of carbonyl (C=O) groups is 2. The molecule has 1 aromatic carbocycles. The van der Waals surface area contributed by atoms with E-state index < -0.39 is 5.97 Å². The average Bonchev–Trinajstić information content (AvgIpc) is 2.82. The summed E-state index contributed by atoms with van der Waals surface area (Å²) in [6.07, 6.45) is 0. The van der Waals surface area contributed by atoms with E-state index in [1.807, 2.05) is 6.07 Å². The molecule has 0 amide bonds. The first-order valence-electron chi connectivity index (χ1n) is 5.27. The van der Waals surface area contributed by atoms with E-state index in [1.54, 1.807) is 24.3 Å². The molecule has 0 fully saturated rings. The Morgan fingerprint density at radius 3 is 2.58 bits per heavy atom. The monoisotopic (exact) mass is 386 g/mol. The van der Waals surface area contributed by atoms with Gasteiger partial charge in [-0.15, -0.1) is 0 Å². The summed E-state index contributed by atoms with van der Waals surface area (Å²) in [6, 6.07) is 9.92. The minimum Gasteiger partial charge on any atom is -0.451 e. The fourth-order valence-electron chi connectivity index (χ4n) is 1.37. The van der Waals surface area contributed by atoms with Crippen molar-refractivity contribution in [3.8, 4) is 0 Å². The zero-order valence-corrected chi connectivity index (χ0v) is 12.7. The molecule has 0 aliphatic carbocycles. The second-order valence-corrected chi connectivity index (χ2v) is 5.31. The Hall–Kier alpha value is -1.40. The molecule has 2 rings (SSSR count). The van der Waals surface area contributed by atoms with Crippen LogP contribution in [0, 0.1) is 0 Å². The second-order valence-electron chi connectivity index (χ2n) is 3.61. The van der Waals surface area contributed by atoms with Crippen molar-refractivity contribution in [1.29, 1.82) is 0 Å². The minimum absolute atomic E-state index is 0.0499. The lowest BCUT2D eigenvalue weighted by Gasteiger charge is -2.03. The van der Waals surface area contributed by atoms with Crippen molar-refractivity contribution < 1.29 is 18.7 Å². The molecular weight excluding hydrogens is 380 g/mol. The van der Waals surface area contributed by atoms with Gasteiger partial charge in [-0.05, 0) is 40.2 Å². The highest BCUT2D eigenvalue weighted by Crippen LogP contribution is 2.15. The number of esters is 1. The van der Waals surface area contributed by atoms with E-state index >= 15 is 0 Å². The van der Waals surface area contributed by atoms with Gasteiger partial charge in [0.25, 0.3) is 0 Å². The summed E-state index contributed by atoms with van der Waals surface area (Å²) in [5, 5.41) is 0. The topological polar surface area (TPSA) is 56.5 Å². The maximum atomic E-state index is 11.8. The number of halogens is 2. The van der Waals surface area contributed by atoms with Gasteiger partial charge >= 0.3 is 5.97 Å². The lowest BCUT2D eigenvalue weighted by Crippen LogP contribution is -2.13. The van der Waals surface area contributed by atoms with Crippen LogP contribution in [-0.2, 0) is 4.74 Å². The van der Waals surface area contributed by atoms with Gasteiger partial charge in [-0.1, -0.05) is 28.1 Å². The first kappa shape index (κ1) is 14.0. The first-order valence-corrected chi connectivity index (χ1v) is 6.86. The number of hydrogen-bond donors (Lipinski definition) is 0. The normalized spacial score (nSPS) is 10.2. The van der Waals surface area contributed by atoms with Crippen LogP contribution < -0.4 is 0 Å². The minimum atomic E-state index is -0.672. The summed E-state index contributed by atoms with van der Waals surface area (Å²) < 4.78 is 11.1. The molecule has 0 aliphatic heterocycles. The number of benzene rings is 1. The summed E-state index contributed by atoms with van der Waals surface area (Å²) >= 11 is 6.35. The predicted octanol–water partition coefficient (Wildman–Crippen LogP) is 3.84. The summed E-state index contributed by atoms with van der Waals surface area (Å²) in [6.45, 7) is -0.326. The van der Waals surface area contributed by atoms with Crippen LogP contribution >= 0.6 is 31.9 Å². The fourth-order valence-corrected chi connectivity index (χ4v) is 2.08. The smallest absolute Gasteiger partial charge is 0.374 e. The van der Waals surface area contributed by atoms with E-state index in [-0.39, 0.29) is 18.2 Å². The van der Waals surface area contributed by atoms with Crippen molar-refractivity contribution in [1.82, 2.24) is 0 Å². The van der Waals surface area contributed by atoms with Crippen molar-refractivity contribution >= 4 is 43.6 Å². The predicted molar refractivity (Wildman–Crippen MR) is 75.2 cm³/mol. The van der Waals surface area contributed by atoms with E-state index in [0.717, 1.165) is 4.47 Å². The largest absolute Gasteiger partial charge is 0.451 e. The Bertz CT molecular complexity index is 619. The Kier molecular flexibility index (Phi) is 4.55. The molecule has 0 bridgehead atoms. The Balaban J connectivity index is 1.95. The van der Waals surface area contributed by atoms with Gasteiger partial charge in [-0.2, -0.15) is 0 Å². The third-order valence-corrected chi connectivity index (χ3v) is 3.17. The second kappa shape index (κ2) is 6.16. The van der Waals surface area contributed by atoms with Gasteiger partial charge in [0.15, 0.2) is 17.1 Å². The van der Waals surface area contributed by atoms with Crippen LogP contribution in [0.4, 0.5) is 0 Å². The van der Waals surface area contributed by atoms with Crippen LogP contribution in [0.5, 0.6) is 0 Å². The zero-order chi connectivity index (χ0) is 13.8. The summed E-state index contributed by atoms with van der Waals surface area (Å²) in [4.78, 5) is 23.4. The van der Waals surface area contributed by atoms with Crippen LogP contribution in [0.1, 0.15) is 20.9 Å². The molecule has 0 atom stereocenters. The van der Waals surface area contributed by atoms with Gasteiger partial charge < -0.3 is 9.15 Å². The molecule has 2 aromatic rings. The van der Waals surface area contributed by atoms with Gasteiger partial charge in [0.2, 0.25) is 5.76 Å². The Morgan fingerprint density at radius 1 is 1.16 bits per heavy atom. The maximum Gasteiger partial charge on any atom is 0.374 e. The first-order chi connectivity index (χ1) is 9.06. The van der Waals surface area contributed by atoms with Gasteiger partial charge in [-0.3, -0.25) is 4.79 Å². The van der Waals surface area contributed by atoms with E-state index in [9.17, 15) is 9.59 Å². The Morgan fingerprint density at radius 2 is 1.95 bits per heavy atom. The summed E-state index contributed by atoms with van der Waals surface area (Å²) in [5.74, 6) is -0.900. The number of hydrogen-bond acceptors (Lipinski definition) is 4. The molecule has 0 saturated heterocycles. The van der Waals surface area contributed by atoms with Crippen LogP contribution in [0.3, 0.4) is 0 Å². The number of rotatable bonds is 4. The highest BCUT2D eigenvalue weighted by molar-refractivity contribution is 9.10. The third kappa shape index (κ3) is 3.78. The van der Waals surface area contributed by atoms with E-state index in [1.165, 1.54) is 6.07 Å².